The molecule has 0 aliphatic carbocycles. The van der Waals surface area contributed by atoms with Gasteiger partial charge < -0.3 is 9.73 Å². The van der Waals surface area contributed by atoms with E-state index in [-0.39, 0.29) is 12.5 Å². The third kappa shape index (κ3) is 5.58. The molecule has 0 aliphatic heterocycles. The SMILES string of the molecule is CCCNC(CCCC(F)(F)F)c1coc(C)c1. The van der Waals surface area contributed by atoms with Crippen molar-refractivity contribution < 1.29 is 17.6 Å². The fraction of sp³-hybridized carbons (Fsp3) is 0.692. The van der Waals surface area contributed by atoms with Crippen molar-refractivity contribution in [2.45, 2.75) is 51.7 Å². The van der Waals surface area contributed by atoms with Gasteiger partial charge in [-0.25, -0.2) is 0 Å². The lowest BCUT2D eigenvalue weighted by atomic mass is 10.0. The minimum absolute atomic E-state index is 0.0512. The van der Waals surface area contributed by atoms with E-state index in [9.17, 15) is 13.2 Å². The highest BCUT2D eigenvalue weighted by Gasteiger charge is 2.27. The number of nitrogens with one attached hydrogen (secondary N) is 1. The molecule has 0 aliphatic rings. The van der Waals surface area contributed by atoms with Crippen LogP contribution in [0.2, 0.25) is 0 Å². The second-order valence-electron chi connectivity index (χ2n) is 4.50. The predicted molar refractivity (Wildman–Crippen MR) is 64.4 cm³/mol. The van der Waals surface area contributed by atoms with Gasteiger partial charge in [-0.15, -0.1) is 0 Å². The van der Waals surface area contributed by atoms with Gasteiger partial charge in [-0.3, -0.25) is 0 Å². The average Bonchev–Trinajstić information content (AvgIpc) is 2.68. The highest BCUT2D eigenvalue weighted by Crippen LogP contribution is 2.27. The fourth-order valence-corrected chi connectivity index (χ4v) is 1.86. The van der Waals surface area contributed by atoms with Gasteiger partial charge in [-0.1, -0.05) is 6.92 Å². The molecule has 0 saturated carbocycles. The summed E-state index contributed by atoms with van der Waals surface area (Å²) in [4.78, 5) is 0. The molecule has 0 bridgehead atoms. The van der Waals surface area contributed by atoms with Gasteiger partial charge in [0.1, 0.15) is 5.76 Å². The van der Waals surface area contributed by atoms with Crippen LogP contribution < -0.4 is 5.32 Å². The van der Waals surface area contributed by atoms with Gasteiger partial charge >= 0.3 is 6.18 Å². The molecule has 104 valence electrons. The lowest BCUT2D eigenvalue weighted by molar-refractivity contribution is -0.135. The van der Waals surface area contributed by atoms with Crippen LogP contribution in [0.4, 0.5) is 13.2 Å². The van der Waals surface area contributed by atoms with Crippen LogP contribution in [0.1, 0.15) is 50.0 Å². The first-order valence-electron chi connectivity index (χ1n) is 6.27. The van der Waals surface area contributed by atoms with E-state index in [0.29, 0.717) is 6.42 Å². The van der Waals surface area contributed by atoms with Crippen molar-refractivity contribution in [1.29, 1.82) is 0 Å². The van der Waals surface area contributed by atoms with Gasteiger partial charge in [0.2, 0.25) is 0 Å². The zero-order valence-electron chi connectivity index (χ0n) is 10.8. The van der Waals surface area contributed by atoms with E-state index in [1.807, 2.05) is 19.9 Å². The summed E-state index contributed by atoms with van der Waals surface area (Å²) >= 11 is 0. The van der Waals surface area contributed by atoms with Crippen LogP contribution in [0.25, 0.3) is 0 Å². The Labute approximate surface area is 106 Å². The lowest BCUT2D eigenvalue weighted by Crippen LogP contribution is -2.22. The van der Waals surface area contributed by atoms with Crippen LogP contribution in [0.3, 0.4) is 0 Å². The molecular formula is C13H20F3NO. The first-order chi connectivity index (χ1) is 8.42. The number of hydrogen-bond donors (Lipinski definition) is 1. The van der Waals surface area contributed by atoms with Crippen molar-refractivity contribution in [3.8, 4) is 0 Å². The molecule has 1 rings (SSSR count). The number of hydrogen-bond acceptors (Lipinski definition) is 2. The molecule has 0 aromatic carbocycles. The van der Waals surface area contributed by atoms with Crippen LogP contribution >= 0.6 is 0 Å². The van der Waals surface area contributed by atoms with Crippen LogP contribution in [0.15, 0.2) is 16.7 Å². The van der Waals surface area contributed by atoms with Gasteiger partial charge in [0, 0.05) is 18.0 Å². The van der Waals surface area contributed by atoms with Crippen LogP contribution in [-0.2, 0) is 0 Å². The van der Waals surface area contributed by atoms with Crippen LogP contribution in [0.5, 0.6) is 0 Å². The minimum atomic E-state index is -4.07. The number of alkyl halides is 3. The van der Waals surface area contributed by atoms with E-state index in [1.165, 1.54) is 0 Å². The van der Waals surface area contributed by atoms with Crippen molar-refractivity contribution in [3.05, 3.63) is 23.7 Å². The first-order valence-corrected chi connectivity index (χ1v) is 6.27. The maximum absolute atomic E-state index is 12.1. The Bertz CT molecular complexity index is 346. The van der Waals surface area contributed by atoms with Crippen molar-refractivity contribution in [1.82, 2.24) is 5.32 Å². The molecule has 5 heteroatoms. The molecule has 18 heavy (non-hydrogen) atoms. The lowest BCUT2D eigenvalue weighted by Gasteiger charge is -2.17. The molecule has 0 radical (unpaired) electrons. The van der Waals surface area contributed by atoms with E-state index in [0.717, 1.165) is 24.3 Å². The van der Waals surface area contributed by atoms with Gasteiger partial charge in [0.15, 0.2) is 0 Å². The summed E-state index contributed by atoms with van der Waals surface area (Å²) in [6.45, 7) is 4.65. The van der Waals surface area contributed by atoms with Gasteiger partial charge in [-0.2, -0.15) is 13.2 Å². The van der Waals surface area contributed by atoms with Crippen molar-refractivity contribution in [2.24, 2.45) is 0 Å². The van der Waals surface area contributed by atoms with E-state index >= 15 is 0 Å². The molecule has 1 heterocycles. The Morgan fingerprint density at radius 1 is 1.39 bits per heavy atom. The zero-order chi connectivity index (χ0) is 13.6. The quantitative estimate of drug-likeness (QED) is 0.790. The minimum Gasteiger partial charge on any atom is -0.469 e. The van der Waals surface area contributed by atoms with Gasteiger partial charge in [0.05, 0.1) is 6.26 Å². The number of halogens is 3. The fourth-order valence-electron chi connectivity index (χ4n) is 1.86. The molecule has 1 aromatic heterocycles. The average molecular weight is 263 g/mol. The summed E-state index contributed by atoms with van der Waals surface area (Å²) in [5, 5.41) is 3.26. The molecule has 1 unspecified atom stereocenters. The Kier molecular flexibility index (Phi) is 5.72. The van der Waals surface area contributed by atoms with Crippen molar-refractivity contribution in [3.63, 3.8) is 0 Å². The van der Waals surface area contributed by atoms with E-state index in [1.54, 1.807) is 6.26 Å². The topological polar surface area (TPSA) is 25.2 Å². The number of aryl methyl sites for hydroxylation is 1. The predicted octanol–water partition coefficient (Wildman–Crippen LogP) is 4.36. The molecule has 1 atom stereocenters. The number of furan rings is 1. The normalized spacial score (nSPS) is 13.8. The molecule has 0 saturated heterocycles. The molecule has 0 fully saturated rings. The van der Waals surface area contributed by atoms with E-state index < -0.39 is 12.6 Å². The third-order valence-electron chi connectivity index (χ3n) is 2.75. The summed E-state index contributed by atoms with van der Waals surface area (Å²) in [6.07, 6.45) is -1.62. The van der Waals surface area contributed by atoms with Crippen molar-refractivity contribution in [2.75, 3.05) is 6.54 Å². The zero-order valence-corrected chi connectivity index (χ0v) is 10.8. The molecule has 1 N–H and O–H groups in total. The third-order valence-corrected chi connectivity index (χ3v) is 2.75. The Morgan fingerprint density at radius 3 is 2.61 bits per heavy atom. The first kappa shape index (κ1) is 15.1. The molecular weight excluding hydrogens is 243 g/mol. The monoisotopic (exact) mass is 263 g/mol. The maximum atomic E-state index is 12.1. The summed E-state index contributed by atoms with van der Waals surface area (Å²) in [5.74, 6) is 0.782. The second-order valence-corrected chi connectivity index (χ2v) is 4.50. The van der Waals surface area contributed by atoms with Crippen LogP contribution in [0, 0.1) is 6.92 Å². The van der Waals surface area contributed by atoms with E-state index in [4.69, 9.17) is 4.42 Å². The van der Waals surface area contributed by atoms with E-state index in [2.05, 4.69) is 5.32 Å². The molecule has 1 aromatic rings. The Balaban J connectivity index is 2.51. The highest BCUT2D eigenvalue weighted by molar-refractivity contribution is 5.16. The summed E-state index contributed by atoms with van der Waals surface area (Å²) in [7, 11) is 0. The standard InChI is InChI=1S/C13H20F3NO/c1-3-7-17-12(5-4-6-13(14,15)16)11-8-10(2)18-9-11/h8-9,12,17H,3-7H2,1-2H3. The largest absolute Gasteiger partial charge is 0.469 e. The van der Waals surface area contributed by atoms with Gasteiger partial charge in [0.25, 0.3) is 0 Å². The highest BCUT2D eigenvalue weighted by atomic mass is 19.4. The summed E-state index contributed by atoms with van der Waals surface area (Å²) in [6, 6.07) is 1.82. The maximum Gasteiger partial charge on any atom is 0.389 e. The van der Waals surface area contributed by atoms with Crippen molar-refractivity contribution >= 4 is 0 Å². The second kappa shape index (κ2) is 6.83. The smallest absolute Gasteiger partial charge is 0.389 e. The van der Waals surface area contributed by atoms with Crippen LogP contribution in [-0.4, -0.2) is 12.7 Å². The molecule has 0 amide bonds. The Morgan fingerprint density at radius 2 is 2.11 bits per heavy atom. The summed E-state index contributed by atoms with van der Waals surface area (Å²) < 4.78 is 41.6. The Hall–Kier alpha value is -0.970. The summed E-state index contributed by atoms with van der Waals surface area (Å²) in [5.41, 5.74) is 0.933. The molecule has 0 spiro atoms. The van der Waals surface area contributed by atoms with Gasteiger partial charge in [-0.05, 0) is 38.8 Å². The molecule has 2 nitrogen and oxygen atoms in total. The number of rotatable bonds is 7.